The number of nitrogens with zero attached hydrogens (tertiary/aromatic N) is 3. The van der Waals surface area contributed by atoms with Crippen LogP contribution in [-0.4, -0.2) is 57.3 Å². The van der Waals surface area contributed by atoms with Gasteiger partial charge in [0.1, 0.15) is 11.4 Å². The van der Waals surface area contributed by atoms with Gasteiger partial charge >= 0.3 is 5.96 Å². The average Bonchev–Trinajstić information content (AvgIpc) is 2.76. The molecule has 32 heavy (non-hydrogen) atoms. The summed E-state index contributed by atoms with van der Waals surface area (Å²) in [5.41, 5.74) is 1.14. The van der Waals surface area contributed by atoms with Crippen molar-refractivity contribution in [2.45, 2.75) is 96.8 Å². The first-order chi connectivity index (χ1) is 15.5. The van der Waals surface area contributed by atoms with Gasteiger partial charge in [-0.2, -0.15) is 0 Å². The molecule has 0 atom stereocenters. The minimum Gasteiger partial charge on any atom is -0.493 e. The number of unbranched alkanes of at least 4 members (excludes halogenated alkanes) is 13. The Balaban J connectivity index is 2.12. The zero-order valence-corrected chi connectivity index (χ0v) is 22.2. The molecule has 0 aliphatic rings. The van der Waals surface area contributed by atoms with Gasteiger partial charge in [-0.1, -0.05) is 96.5 Å². The molecule has 184 valence electrons. The maximum atomic E-state index is 6.04. The van der Waals surface area contributed by atoms with E-state index >= 15 is 0 Å². The monoisotopic (exact) mass is 446 g/mol. The van der Waals surface area contributed by atoms with Crippen LogP contribution < -0.4 is 9.64 Å². The molecule has 0 saturated carbocycles. The molecule has 1 rings (SSSR count). The van der Waals surface area contributed by atoms with Crippen molar-refractivity contribution in [2.24, 2.45) is 0 Å². The highest BCUT2D eigenvalue weighted by Gasteiger charge is 2.20. The second kappa shape index (κ2) is 17.8. The van der Waals surface area contributed by atoms with Crippen LogP contribution >= 0.6 is 0 Å². The van der Waals surface area contributed by atoms with E-state index in [1.54, 1.807) is 0 Å². The van der Waals surface area contributed by atoms with Crippen molar-refractivity contribution in [3.8, 4) is 5.75 Å². The average molecular weight is 447 g/mol. The van der Waals surface area contributed by atoms with Crippen LogP contribution in [0, 0.1) is 0 Å². The highest BCUT2D eigenvalue weighted by Crippen LogP contribution is 2.21. The van der Waals surface area contributed by atoms with Crippen LogP contribution in [0.3, 0.4) is 0 Å². The van der Waals surface area contributed by atoms with Gasteiger partial charge in [0.2, 0.25) is 0 Å². The lowest BCUT2D eigenvalue weighted by atomic mass is 10.0. The van der Waals surface area contributed by atoms with E-state index in [9.17, 15) is 0 Å². The molecule has 0 saturated heterocycles. The zero-order chi connectivity index (χ0) is 23.6. The fraction of sp³-hybridized carbons (Fsp3) is 0.750. The van der Waals surface area contributed by atoms with E-state index in [0.29, 0.717) is 0 Å². The molecule has 0 fully saturated rings. The molecule has 0 heterocycles. The highest BCUT2D eigenvalue weighted by molar-refractivity contribution is 5.91. The number of anilines is 1. The van der Waals surface area contributed by atoms with Gasteiger partial charge in [0.25, 0.3) is 0 Å². The summed E-state index contributed by atoms with van der Waals surface area (Å²) in [7, 11) is 10.4. The van der Waals surface area contributed by atoms with Crippen LogP contribution in [-0.2, 0) is 0 Å². The van der Waals surface area contributed by atoms with Crippen molar-refractivity contribution in [1.82, 2.24) is 4.90 Å². The summed E-state index contributed by atoms with van der Waals surface area (Å²) in [6, 6.07) is 8.41. The summed E-state index contributed by atoms with van der Waals surface area (Å²) in [4.78, 5) is 4.32. The fourth-order valence-electron chi connectivity index (χ4n) is 4.38. The van der Waals surface area contributed by atoms with E-state index in [0.717, 1.165) is 30.4 Å². The van der Waals surface area contributed by atoms with E-state index in [1.807, 2.05) is 0 Å². The molecule has 4 heteroatoms. The Kier molecular flexibility index (Phi) is 15.8. The van der Waals surface area contributed by atoms with Crippen LogP contribution in [0.25, 0.3) is 0 Å². The van der Waals surface area contributed by atoms with Gasteiger partial charge in [0.15, 0.2) is 0 Å². The Labute approximate surface area is 199 Å². The molecule has 0 N–H and O–H groups in total. The van der Waals surface area contributed by atoms with Gasteiger partial charge in [-0.3, -0.25) is 9.48 Å². The number of guanidine groups is 1. The van der Waals surface area contributed by atoms with Gasteiger partial charge in [-0.25, -0.2) is 4.90 Å². The minimum atomic E-state index is 0.809. The van der Waals surface area contributed by atoms with Gasteiger partial charge < -0.3 is 4.74 Å². The predicted octanol–water partition coefficient (Wildman–Crippen LogP) is 7.17. The van der Waals surface area contributed by atoms with Crippen LogP contribution in [0.4, 0.5) is 5.69 Å². The predicted molar refractivity (Wildman–Crippen MR) is 141 cm³/mol. The van der Waals surface area contributed by atoms with Gasteiger partial charge in [0.05, 0.1) is 41.8 Å². The summed E-state index contributed by atoms with van der Waals surface area (Å²) in [6.07, 6.45) is 19.4. The second-order valence-electron chi connectivity index (χ2n) is 9.59. The smallest absolute Gasteiger partial charge is 0.354 e. The van der Waals surface area contributed by atoms with E-state index in [1.165, 1.54) is 83.5 Å². The normalized spacial score (nSPS) is 10.8. The summed E-state index contributed by atoms with van der Waals surface area (Å²) >= 11 is 0. The number of hydrogen-bond donors (Lipinski definition) is 0. The SMILES string of the molecule is CCCCCCCCCCCCCCCCOc1cccc(N(C)C(N(C)C)=[N+](C)C)c1. The van der Waals surface area contributed by atoms with Crippen LogP contribution in [0.2, 0.25) is 0 Å². The van der Waals surface area contributed by atoms with Crippen molar-refractivity contribution < 1.29 is 9.31 Å². The van der Waals surface area contributed by atoms with Crippen LogP contribution in [0.1, 0.15) is 96.8 Å². The number of hydrogen-bond acceptors (Lipinski definition) is 1. The molecule has 0 bridgehead atoms. The number of benzene rings is 1. The number of rotatable bonds is 17. The Bertz CT molecular complexity index is 623. The summed E-state index contributed by atoms with van der Waals surface area (Å²) in [6.45, 7) is 3.10. The minimum absolute atomic E-state index is 0.809. The molecule has 0 spiro atoms. The van der Waals surface area contributed by atoms with Gasteiger partial charge in [0, 0.05) is 6.07 Å². The lowest BCUT2D eigenvalue weighted by molar-refractivity contribution is -0.470. The molecule has 0 aliphatic heterocycles. The first-order valence-corrected chi connectivity index (χ1v) is 13.2. The summed E-state index contributed by atoms with van der Waals surface area (Å²) in [5, 5.41) is 0. The molecule has 1 aromatic carbocycles. The summed E-state index contributed by atoms with van der Waals surface area (Å²) < 4.78 is 8.17. The van der Waals surface area contributed by atoms with Gasteiger partial charge in [-0.15, -0.1) is 0 Å². The van der Waals surface area contributed by atoms with Crippen molar-refractivity contribution in [3.63, 3.8) is 0 Å². The van der Waals surface area contributed by atoms with Crippen molar-refractivity contribution in [1.29, 1.82) is 0 Å². The fourth-order valence-corrected chi connectivity index (χ4v) is 4.38. The molecule has 0 unspecified atom stereocenters. The standard InChI is InChI=1S/C28H52N3O/c1-7-8-9-10-11-12-13-14-15-16-17-18-19-20-24-32-27-23-21-22-26(25-27)31(6)28(29(2)3)30(4)5/h21-23,25H,7-20,24H2,1-6H3/q+1. The molecule has 1 aromatic rings. The second-order valence-corrected chi connectivity index (χ2v) is 9.59. The third-order valence-corrected chi connectivity index (χ3v) is 6.07. The third kappa shape index (κ3) is 12.4. The lowest BCUT2D eigenvalue weighted by Gasteiger charge is -2.21. The molecule has 0 aliphatic carbocycles. The molecule has 4 nitrogen and oxygen atoms in total. The maximum Gasteiger partial charge on any atom is 0.354 e. The molecular formula is C28H52N3O+. The first-order valence-electron chi connectivity index (χ1n) is 13.2. The van der Waals surface area contributed by atoms with Gasteiger partial charge in [-0.05, 0) is 18.6 Å². The quantitative estimate of drug-likeness (QED) is 0.109. The lowest BCUT2D eigenvalue weighted by Crippen LogP contribution is -2.43. The largest absolute Gasteiger partial charge is 0.493 e. The van der Waals surface area contributed by atoms with E-state index < -0.39 is 0 Å². The zero-order valence-electron chi connectivity index (χ0n) is 22.2. The van der Waals surface area contributed by atoms with Crippen molar-refractivity contribution >= 4 is 11.6 Å². The topological polar surface area (TPSA) is 18.7 Å². The first kappa shape index (κ1) is 28.3. The van der Waals surface area contributed by atoms with Crippen LogP contribution in [0.5, 0.6) is 5.75 Å². The maximum absolute atomic E-state index is 6.04. The van der Waals surface area contributed by atoms with E-state index in [2.05, 4.69) is 80.8 Å². The molecular weight excluding hydrogens is 394 g/mol. The molecule has 0 amide bonds. The highest BCUT2D eigenvalue weighted by atomic mass is 16.5. The van der Waals surface area contributed by atoms with E-state index in [-0.39, 0.29) is 0 Å². The summed E-state index contributed by atoms with van der Waals surface area (Å²) in [5.74, 6) is 2.09. The third-order valence-electron chi connectivity index (χ3n) is 6.07. The Morgan fingerprint density at radius 2 is 1.25 bits per heavy atom. The molecule has 0 radical (unpaired) electrons. The number of ether oxygens (including phenoxy) is 1. The van der Waals surface area contributed by atoms with Crippen molar-refractivity contribution in [3.05, 3.63) is 24.3 Å². The Morgan fingerprint density at radius 3 is 1.72 bits per heavy atom. The Morgan fingerprint density at radius 1 is 0.750 bits per heavy atom. The van der Waals surface area contributed by atoms with Crippen molar-refractivity contribution in [2.75, 3.05) is 46.7 Å². The van der Waals surface area contributed by atoms with Crippen LogP contribution in [0.15, 0.2) is 24.3 Å². The van der Waals surface area contributed by atoms with E-state index in [4.69, 9.17) is 4.74 Å². The molecule has 0 aromatic heterocycles. The Hall–Kier alpha value is -1.71.